The van der Waals surface area contributed by atoms with Crippen molar-refractivity contribution in [1.29, 1.82) is 0 Å². The zero-order valence-electron chi connectivity index (χ0n) is 15.2. The van der Waals surface area contributed by atoms with Crippen LogP contribution in [0.1, 0.15) is 30.5 Å². The molecule has 8 heteroatoms. The molecule has 0 bridgehead atoms. The number of rotatable bonds is 8. The summed E-state index contributed by atoms with van der Waals surface area (Å²) < 4.78 is 32.9. The Morgan fingerprint density at radius 2 is 1.96 bits per heavy atom. The number of methoxy groups -OCH3 is 1. The molecule has 0 saturated heterocycles. The highest BCUT2D eigenvalue weighted by atomic mass is 19.3. The molecule has 0 amide bonds. The summed E-state index contributed by atoms with van der Waals surface area (Å²) in [6, 6.07) is 12.0. The summed E-state index contributed by atoms with van der Waals surface area (Å²) in [6.45, 7) is 0. The summed E-state index contributed by atoms with van der Waals surface area (Å²) in [6.07, 6.45) is 0.0964. The molecule has 0 saturated carbocycles. The number of pyridine rings is 1. The fourth-order valence-corrected chi connectivity index (χ4v) is 2.81. The van der Waals surface area contributed by atoms with Crippen LogP contribution in [-0.2, 0) is 11.2 Å². The topological polar surface area (TPSA) is 77.2 Å². The maximum Gasteiger partial charge on any atom is 0.303 e. The second-order valence-electron chi connectivity index (χ2n) is 6.17. The summed E-state index contributed by atoms with van der Waals surface area (Å²) in [5.41, 5.74) is 2.43. The standard InChI is InChI=1S/C20H19F2N3O3/c1-28-18-10-9-15(12-23-18)25-17(11-16(24-25)20(21)22)14-7-5-13(6-8-14)3-2-4-19(26)27/h5-12,20H,2-4H2,1H3,(H,26,27). The molecule has 0 aliphatic rings. The number of nitrogens with zero attached hydrogens (tertiary/aromatic N) is 3. The van der Waals surface area contributed by atoms with E-state index < -0.39 is 12.4 Å². The quantitative estimate of drug-likeness (QED) is 0.624. The number of ether oxygens (including phenoxy) is 1. The van der Waals surface area contributed by atoms with Crippen molar-refractivity contribution >= 4 is 5.97 Å². The molecule has 0 aliphatic heterocycles. The SMILES string of the molecule is COc1ccc(-n2nc(C(F)F)cc2-c2ccc(CCCC(=O)O)cc2)cn1. The van der Waals surface area contributed by atoms with Gasteiger partial charge in [0.2, 0.25) is 5.88 Å². The van der Waals surface area contributed by atoms with Crippen molar-refractivity contribution in [3.05, 3.63) is 59.9 Å². The van der Waals surface area contributed by atoms with Crippen LogP contribution in [0.15, 0.2) is 48.7 Å². The molecule has 0 unspecified atom stereocenters. The van der Waals surface area contributed by atoms with E-state index in [1.54, 1.807) is 12.1 Å². The van der Waals surface area contributed by atoms with E-state index in [-0.39, 0.29) is 12.1 Å². The Labute approximate surface area is 160 Å². The highest BCUT2D eigenvalue weighted by Gasteiger charge is 2.18. The van der Waals surface area contributed by atoms with E-state index in [9.17, 15) is 13.6 Å². The van der Waals surface area contributed by atoms with Crippen molar-refractivity contribution in [1.82, 2.24) is 14.8 Å². The highest BCUT2D eigenvalue weighted by Crippen LogP contribution is 2.28. The van der Waals surface area contributed by atoms with Crippen molar-refractivity contribution < 1.29 is 23.4 Å². The van der Waals surface area contributed by atoms with Crippen molar-refractivity contribution in [3.8, 4) is 22.8 Å². The van der Waals surface area contributed by atoms with Crippen molar-refractivity contribution in [2.24, 2.45) is 0 Å². The minimum Gasteiger partial charge on any atom is -0.481 e. The third-order valence-electron chi connectivity index (χ3n) is 4.23. The highest BCUT2D eigenvalue weighted by molar-refractivity contribution is 5.66. The molecule has 146 valence electrons. The number of aromatic nitrogens is 3. The fraction of sp³-hybridized carbons (Fsp3) is 0.250. The lowest BCUT2D eigenvalue weighted by Gasteiger charge is -2.09. The first-order valence-electron chi connectivity index (χ1n) is 8.67. The summed E-state index contributed by atoms with van der Waals surface area (Å²) >= 11 is 0. The lowest BCUT2D eigenvalue weighted by Crippen LogP contribution is -2.01. The van der Waals surface area contributed by atoms with Gasteiger partial charge in [-0.25, -0.2) is 18.4 Å². The molecule has 3 aromatic rings. The van der Waals surface area contributed by atoms with E-state index in [4.69, 9.17) is 9.84 Å². The molecule has 0 spiro atoms. The molecule has 0 aliphatic carbocycles. The van der Waals surface area contributed by atoms with E-state index >= 15 is 0 Å². The summed E-state index contributed by atoms with van der Waals surface area (Å²) in [7, 11) is 1.49. The van der Waals surface area contributed by atoms with Crippen LogP contribution >= 0.6 is 0 Å². The third-order valence-corrected chi connectivity index (χ3v) is 4.23. The average molecular weight is 387 g/mol. The van der Waals surface area contributed by atoms with Gasteiger partial charge in [0.1, 0.15) is 5.69 Å². The zero-order chi connectivity index (χ0) is 20.1. The number of hydrogen-bond acceptors (Lipinski definition) is 4. The number of aryl methyl sites for hydroxylation is 1. The largest absolute Gasteiger partial charge is 0.481 e. The Bertz CT molecular complexity index is 938. The fourth-order valence-electron chi connectivity index (χ4n) is 2.81. The maximum atomic E-state index is 13.2. The molecule has 6 nitrogen and oxygen atoms in total. The predicted octanol–water partition coefficient (Wildman–Crippen LogP) is 4.29. The molecule has 1 N–H and O–H groups in total. The number of halogens is 2. The Balaban J connectivity index is 1.90. The summed E-state index contributed by atoms with van der Waals surface area (Å²) in [5.74, 6) is -0.412. The van der Waals surface area contributed by atoms with Crippen LogP contribution in [0, 0.1) is 0 Å². The van der Waals surface area contributed by atoms with Crippen molar-refractivity contribution in [2.45, 2.75) is 25.7 Å². The number of benzene rings is 1. The minimum atomic E-state index is -2.69. The van der Waals surface area contributed by atoms with Crippen LogP contribution in [0.4, 0.5) is 8.78 Å². The minimum absolute atomic E-state index is 0.108. The van der Waals surface area contributed by atoms with Gasteiger partial charge in [-0.3, -0.25) is 4.79 Å². The average Bonchev–Trinajstić information content (AvgIpc) is 3.14. The first-order valence-corrected chi connectivity index (χ1v) is 8.67. The molecule has 0 radical (unpaired) electrons. The number of hydrogen-bond donors (Lipinski definition) is 1. The van der Waals surface area contributed by atoms with Gasteiger partial charge in [0.05, 0.1) is 24.7 Å². The van der Waals surface area contributed by atoms with Gasteiger partial charge in [0.15, 0.2) is 0 Å². The first kappa shape index (κ1) is 19.5. The molecule has 3 rings (SSSR count). The lowest BCUT2D eigenvalue weighted by atomic mass is 10.0. The van der Waals surface area contributed by atoms with Gasteiger partial charge < -0.3 is 9.84 Å². The Morgan fingerprint density at radius 1 is 1.21 bits per heavy atom. The first-order chi connectivity index (χ1) is 13.5. The van der Waals surface area contributed by atoms with Crippen LogP contribution in [0.3, 0.4) is 0 Å². The van der Waals surface area contributed by atoms with E-state index in [0.717, 1.165) is 11.1 Å². The van der Waals surface area contributed by atoms with Crippen molar-refractivity contribution in [2.75, 3.05) is 7.11 Å². The van der Waals surface area contributed by atoms with Crippen LogP contribution in [0.5, 0.6) is 5.88 Å². The molecule has 0 fully saturated rings. The molecule has 2 aromatic heterocycles. The predicted molar refractivity (Wildman–Crippen MR) is 98.9 cm³/mol. The second kappa shape index (κ2) is 8.60. The van der Waals surface area contributed by atoms with Crippen LogP contribution < -0.4 is 4.74 Å². The molecular formula is C20H19F2N3O3. The number of aliphatic carboxylic acids is 1. The van der Waals surface area contributed by atoms with Gasteiger partial charge in [0.25, 0.3) is 6.43 Å². The molecule has 2 heterocycles. The monoisotopic (exact) mass is 387 g/mol. The summed E-state index contributed by atoms with van der Waals surface area (Å²) in [4.78, 5) is 14.7. The van der Waals surface area contributed by atoms with E-state index in [1.165, 1.54) is 24.1 Å². The normalized spacial score (nSPS) is 11.0. The number of carbonyl (C=O) groups is 1. The van der Waals surface area contributed by atoms with Gasteiger partial charge in [-0.1, -0.05) is 24.3 Å². The van der Waals surface area contributed by atoms with E-state index in [1.807, 2.05) is 24.3 Å². The molecule has 1 aromatic carbocycles. The van der Waals surface area contributed by atoms with Gasteiger partial charge in [-0.2, -0.15) is 5.10 Å². The van der Waals surface area contributed by atoms with Gasteiger partial charge in [-0.15, -0.1) is 0 Å². The second-order valence-corrected chi connectivity index (χ2v) is 6.17. The van der Waals surface area contributed by atoms with E-state index in [0.29, 0.717) is 30.1 Å². The van der Waals surface area contributed by atoms with Crippen LogP contribution in [0.2, 0.25) is 0 Å². The molecule has 28 heavy (non-hydrogen) atoms. The zero-order valence-corrected chi connectivity index (χ0v) is 15.2. The Hall–Kier alpha value is -3.29. The molecular weight excluding hydrogens is 368 g/mol. The maximum absolute atomic E-state index is 13.2. The lowest BCUT2D eigenvalue weighted by molar-refractivity contribution is -0.137. The smallest absolute Gasteiger partial charge is 0.303 e. The third kappa shape index (κ3) is 4.51. The van der Waals surface area contributed by atoms with Crippen molar-refractivity contribution in [3.63, 3.8) is 0 Å². The molecule has 0 atom stereocenters. The Morgan fingerprint density at radius 3 is 2.54 bits per heavy atom. The summed E-state index contributed by atoms with van der Waals surface area (Å²) in [5, 5.41) is 12.7. The Kier molecular flexibility index (Phi) is 5.98. The van der Waals surface area contributed by atoms with E-state index in [2.05, 4.69) is 10.1 Å². The number of alkyl halides is 2. The van der Waals surface area contributed by atoms with Crippen LogP contribution in [0.25, 0.3) is 16.9 Å². The van der Waals surface area contributed by atoms with Gasteiger partial charge in [0, 0.05) is 18.1 Å². The van der Waals surface area contributed by atoms with Gasteiger partial charge >= 0.3 is 5.97 Å². The van der Waals surface area contributed by atoms with Gasteiger partial charge in [-0.05, 0) is 30.5 Å². The number of carboxylic acids is 1. The number of carboxylic acid groups (broad SMARTS) is 1. The van der Waals surface area contributed by atoms with Crippen LogP contribution in [-0.4, -0.2) is 33.0 Å².